The highest BCUT2D eigenvalue weighted by molar-refractivity contribution is 5.88. The fourth-order valence-electron chi connectivity index (χ4n) is 2.40. The van der Waals surface area contributed by atoms with Crippen LogP contribution in [-0.4, -0.2) is 29.3 Å². The number of rotatable bonds is 3. The summed E-state index contributed by atoms with van der Waals surface area (Å²) in [5, 5.41) is 2.77. The number of fused-ring (bicyclic) bond motifs is 1. The van der Waals surface area contributed by atoms with E-state index in [0.29, 0.717) is 6.54 Å². The summed E-state index contributed by atoms with van der Waals surface area (Å²) in [5.41, 5.74) is 2.52. The molecule has 1 aromatic rings. The number of carbonyl (C=O) groups is 2. The zero-order chi connectivity index (χ0) is 14.7. The van der Waals surface area contributed by atoms with Gasteiger partial charge in [0.25, 0.3) is 0 Å². The molecule has 0 spiro atoms. The van der Waals surface area contributed by atoms with Crippen molar-refractivity contribution in [2.75, 3.05) is 6.54 Å². The molecule has 4 heteroatoms. The van der Waals surface area contributed by atoms with Gasteiger partial charge < -0.3 is 10.2 Å². The largest absolute Gasteiger partial charge is 0.344 e. The second kappa shape index (κ2) is 6.07. The van der Waals surface area contributed by atoms with Gasteiger partial charge in [-0.3, -0.25) is 9.59 Å². The Morgan fingerprint density at radius 3 is 2.45 bits per heavy atom. The Kier molecular flexibility index (Phi) is 4.42. The van der Waals surface area contributed by atoms with Gasteiger partial charge in [-0.05, 0) is 24.5 Å². The van der Waals surface area contributed by atoms with Crippen LogP contribution in [0.3, 0.4) is 0 Å². The van der Waals surface area contributed by atoms with Gasteiger partial charge in [0.2, 0.25) is 11.8 Å². The van der Waals surface area contributed by atoms with Crippen molar-refractivity contribution in [2.45, 2.75) is 39.8 Å². The number of nitrogens with zero attached hydrogens (tertiary/aromatic N) is 1. The van der Waals surface area contributed by atoms with Crippen LogP contribution in [0.5, 0.6) is 0 Å². The third-order valence-corrected chi connectivity index (χ3v) is 3.70. The van der Waals surface area contributed by atoms with Gasteiger partial charge in [0.1, 0.15) is 6.04 Å². The molecule has 2 amide bonds. The lowest BCUT2D eigenvalue weighted by molar-refractivity contribution is -0.137. The molecule has 0 fully saturated rings. The first-order chi connectivity index (χ1) is 9.49. The predicted octanol–water partition coefficient (Wildman–Crippen LogP) is 1.73. The second-order valence-corrected chi connectivity index (χ2v) is 5.66. The van der Waals surface area contributed by atoms with Gasteiger partial charge in [-0.15, -0.1) is 0 Å². The van der Waals surface area contributed by atoms with Crippen LogP contribution >= 0.6 is 0 Å². The van der Waals surface area contributed by atoms with Gasteiger partial charge in [0.05, 0.1) is 0 Å². The average Bonchev–Trinajstić information content (AvgIpc) is 2.45. The Hall–Kier alpha value is -1.84. The molecule has 0 saturated carbocycles. The van der Waals surface area contributed by atoms with Crippen molar-refractivity contribution in [1.82, 2.24) is 10.2 Å². The standard InChI is InChI=1S/C16H22N2O2/c1-11(2)15(19)17-12(3)16(20)18-9-8-13-6-4-5-7-14(13)10-18/h4-7,11-12H,8-10H2,1-3H3,(H,17,19)/t12-/m0/s1. The molecule has 0 unspecified atom stereocenters. The van der Waals surface area contributed by atoms with Crippen molar-refractivity contribution in [3.05, 3.63) is 35.4 Å². The van der Waals surface area contributed by atoms with E-state index in [1.54, 1.807) is 6.92 Å². The maximum atomic E-state index is 12.4. The maximum Gasteiger partial charge on any atom is 0.245 e. The van der Waals surface area contributed by atoms with E-state index in [9.17, 15) is 9.59 Å². The van der Waals surface area contributed by atoms with E-state index in [1.807, 2.05) is 30.9 Å². The fourth-order valence-corrected chi connectivity index (χ4v) is 2.40. The monoisotopic (exact) mass is 274 g/mol. The fraction of sp³-hybridized carbons (Fsp3) is 0.500. The summed E-state index contributed by atoms with van der Waals surface area (Å²) in [6, 6.07) is 7.74. The maximum absolute atomic E-state index is 12.4. The summed E-state index contributed by atoms with van der Waals surface area (Å²) in [6.45, 7) is 6.76. The summed E-state index contributed by atoms with van der Waals surface area (Å²) < 4.78 is 0. The molecule has 108 valence electrons. The summed E-state index contributed by atoms with van der Waals surface area (Å²) >= 11 is 0. The van der Waals surface area contributed by atoms with Crippen molar-refractivity contribution in [3.8, 4) is 0 Å². The minimum atomic E-state index is -0.463. The van der Waals surface area contributed by atoms with Crippen LogP contribution in [0.25, 0.3) is 0 Å². The third-order valence-electron chi connectivity index (χ3n) is 3.70. The Bertz CT molecular complexity index is 511. The van der Waals surface area contributed by atoms with Crippen LogP contribution in [0.2, 0.25) is 0 Å². The Morgan fingerprint density at radius 1 is 1.15 bits per heavy atom. The zero-order valence-corrected chi connectivity index (χ0v) is 12.3. The van der Waals surface area contributed by atoms with Crippen LogP contribution in [0.15, 0.2) is 24.3 Å². The van der Waals surface area contributed by atoms with Gasteiger partial charge in [-0.25, -0.2) is 0 Å². The SMILES string of the molecule is CC(C)C(=O)N[C@@H](C)C(=O)N1CCc2ccccc2C1. The molecule has 2 rings (SSSR count). The molecular weight excluding hydrogens is 252 g/mol. The topological polar surface area (TPSA) is 49.4 Å². The number of carbonyl (C=O) groups excluding carboxylic acids is 2. The summed E-state index contributed by atoms with van der Waals surface area (Å²) in [7, 11) is 0. The smallest absolute Gasteiger partial charge is 0.245 e. The summed E-state index contributed by atoms with van der Waals surface area (Å²) in [5.74, 6) is -0.191. The first-order valence-electron chi connectivity index (χ1n) is 7.15. The van der Waals surface area contributed by atoms with Crippen LogP contribution in [0.4, 0.5) is 0 Å². The first kappa shape index (κ1) is 14.6. The number of amides is 2. The lowest BCUT2D eigenvalue weighted by atomic mass is 9.99. The van der Waals surface area contributed by atoms with Crippen LogP contribution in [0.1, 0.15) is 31.9 Å². The molecule has 0 aliphatic carbocycles. The van der Waals surface area contributed by atoms with Crippen LogP contribution in [0, 0.1) is 5.92 Å². The first-order valence-corrected chi connectivity index (χ1v) is 7.15. The van der Waals surface area contributed by atoms with Crippen molar-refractivity contribution < 1.29 is 9.59 Å². The predicted molar refractivity (Wildman–Crippen MR) is 78.0 cm³/mol. The lowest BCUT2D eigenvalue weighted by Gasteiger charge is -2.31. The molecule has 0 aromatic heterocycles. The number of hydrogen-bond acceptors (Lipinski definition) is 2. The van der Waals surface area contributed by atoms with Gasteiger partial charge in [0, 0.05) is 19.0 Å². The normalized spacial score (nSPS) is 15.7. The highest BCUT2D eigenvalue weighted by Gasteiger charge is 2.25. The van der Waals surface area contributed by atoms with E-state index in [0.717, 1.165) is 13.0 Å². The number of nitrogens with one attached hydrogen (secondary N) is 1. The average molecular weight is 274 g/mol. The van der Waals surface area contributed by atoms with Gasteiger partial charge in [-0.2, -0.15) is 0 Å². The third kappa shape index (κ3) is 3.18. The van der Waals surface area contributed by atoms with Gasteiger partial charge in [-0.1, -0.05) is 38.1 Å². The Labute approximate surface area is 120 Å². The van der Waals surface area contributed by atoms with Crippen LogP contribution in [-0.2, 0) is 22.6 Å². The lowest BCUT2D eigenvalue weighted by Crippen LogP contribution is -2.49. The molecule has 1 atom stereocenters. The Morgan fingerprint density at radius 2 is 1.80 bits per heavy atom. The van der Waals surface area contributed by atoms with E-state index in [-0.39, 0.29) is 17.7 Å². The summed E-state index contributed by atoms with van der Waals surface area (Å²) in [4.78, 5) is 25.9. The van der Waals surface area contributed by atoms with E-state index < -0.39 is 6.04 Å². The molecule has 1 heterocycles. The Balaban J connectivity index is 1.99. The minimum absolute atomic E-state index is 0.00602. The molecule has 1 aliphatic rings. The molecule has 0 radical (unpaired) electrons. The van der Waals surface area contributed by atoms with Gasteiger partial charge in [0.15, 0.2) is 0 Å². The van der Waals surface area contributed by atoms with Crippen molar-refractivity contribution in [3.63, 3.8) is 0 Å². The molecule has 20 heavy (non-hydrogen) atoms. The van der Waals surface area contributed by atoms with Crippen molar-refractivity contribution >= 4 is 11.8 Å². The molecule has 4 nitrogen and oxygen atoms in total. The van der Waals surface area contributed by atoms with E-state index in [2.05, 4.69) is 17.4 Å². The molecular formula is C16H22N2O2. The zero-order valence-electron chi connectivity index (χ0n) is 12.3. The minimum Gasteiger partial charge on any atom is -0.344 e. The van der Waals surface area contributed by atoms with E-state index in [1.165, 1.54) is 11.1 Å². The molecule has 1 aliphatic heterocycles. The molecule has 1 aromatic carbocycles. The van der Waals surface area contributed by atoms with Crippen molar-refractivity contribution in [2.24, 2.45) is 5.92 Å². The molecule has 0 bridgehead atoms. The van der Waals surface area contributed by atoms with Gasteiger partial charge >= 0.3 is 0 Å². The van der Waals surface area contributed by atoms with Crippen molar-refractivity contribution in [1.29, 1.82) is 0 Å². The van der Waals surface area contributed by atoms with E-state index >= 15 is 0 Å². The number of hydrogen-bond donors (Lipinski definition) is 1. The molecule has 1 N–H and O–H groups in total. The highest BCUT2D eigenvalue weighted by atomic mass is 16.2. The second-order valence-electron chi connectivity index (χ2n) is 5.66. The number of benzene rings is 1. The highest BCUT2D eigenvalue weighted by Crippen LogP contribution is 2.19. The molecule has 0 saturated heterocycles. The van der Waals surface area contributed by atoms with Crippen LogP contribution < -0.4 is 5.32 Å². The van der Waals surface area contributed by atoms with E-state index in [4.69, 9.17) is 0 Å². The quantitative estimate of drug-likeness (QED) is 0.912. The summed E-state index contributed by atoms with van der Waals surface area (Å²) in [6.07, 6.45) is 0.882.